The van der Waals surface area contributed by atoms with Crippen molar-refractivity contribution in [2.24, 2.45) is 5.73 Å². The third-order valence-electron chi connectivity index (χ3n) is 3.49. The highest BCUT2D eigenvalue weighted by Crippen LogP contribution is 2.23. The molecule has 5 nitrogen and oxygen atoms in total. The van der Waals surface area contributed by atoms with E-state index >= 15 is 0 Å². The molecule has 1 aromatic carbocycles. The molecule has 0 unspecified atom stereocenters. The highest BCUT2D eigenvalue weighted by atomic mass is 32.2. The van der Waals surface area contributed by atoms with Crippen LogP contribution in [0.3, 0.4) is 0 Å². The van der Waals surface area contributed by atoms with Crippen molar-refractivity contribution >= 4 is 33.4 Å². The number of fused-ring (bicyclic) bond motifs is 1. The van der Waals surface area contributed by atoms with E-state index in [1.807, 2.05) is 30.3 Å². The van der Waals surface area contributed by atoms with E-state index in [1.165, 1.54) is 0 Å². The van der Waals surface area contributed by atoms with Gasteiger partial charge in [0.2, 0.25) is 0 Å². The van der Waals surface area contributed by atoms with Gasteiger partial charge in [-0.05, 0) is 12.1 Å². The van der Waals surface area contributed by atoms with Gasteiger partial charge in [-0.25, -0.2) is 4.98 Å². The van der Waals surface area contributed by atoms with E-state index in [0.29, 0.717) is 17.1 Å². The number of hydrogen-bond acceptors (Lipinski definition) is 4. The third kappa shape index (κ3) is 2.38. The zero-order chi connectivity index (χ0) is 14.1. The van der Waals surface area contributed by atoms with Crippen LogP contribution in [-0.4, -0.2) is 39.6 Å². The van der Waals surface area contributed by atoms with Gasteiger partial charge in [0, 0.05) is 46.3 Å². The number of nitrogens with two attached hydrogens (primary N) is 1. The number of pyridine rings is 1. The SMILES string of the molecule is N=C(N)c1cc(N2CCS(=O)CC2)nc2ccccc12. The number of para-hydroxylation sites is 1. The van der Waals surface area contributed by atoms with Gasteiger partial charge in [0.15, 0.2) is 0 Å². The van der Waals surface area contributed by atoms with Crippen LogP contribution in [0.2, 0.25) is 0 Å². The summed E-state index contributed by atoms with van der Waals surface area (Å²) < 4.78 is 11.4. The summed E-state index contributed by atoms with van der Waals surface area (Å²) in [7, 11) is -0.712. The molecule has 3 rings (SSSR count). The van der Waals surface area contributed by atoms with Gasteiger partial charge in [0.05, 0.1) is 5.52 Å². The molecule has 3 N–H and O–H groups in total. The number of nitrogens with one attached hydrogen (secondary N) is 1. The van der Waals surface area contributed by atoms with Crippen LogP contribution in [0, 0.1) is 5.41 Å². The minimum absolute atomic E-state index is 0.0467. The summed E-state index contributed by atoms with van der Waals surface area (Å²) in [5.74, 6) is 2.20. The Morgan fingerprint density at radius 2 is 2.00 bits per heavy atom. The Labute approximate surface area is 119 Å². The lowest BCUT2D eigenvalue weighted by Gasteiger charge is -2.28. The van der Waals surface area contributed by atoms with Gasteiger partial charge >= 0.3 is 0 Å². The molecule has 1 saturated heterocycles. The largest absolute Gasteiger partial charge is 0.384 e. The Balaban J connectivity index is 2.08. The molecule has 2 heterocycles. The average molecular weight is 288 g/mol. The van der Waals surface area contributed by atoms with Crippen LogP contribution < -0.4 is 10.6 Å². The van der Waals surface area contributed by atoms with E-state index in [4.69, 9.17) is 11.1 Å². The Hall–Kier alpha value is -1.95. The maximum atomic E-state index is 11.4. The van der Waals surface area contributed by atoms with Crippen LogP contribution in [0.1, 0.15) is 5.56 Å². The second-order valence-corrected chi connectivity index (χ2v) is 6.49. The number of benzene rings is 1. The second-order valence-electron chi connectivity index (χ2n) is 4.79. The molecule has 1 aromatic heterocycles. The lowest BCUT2D eigenvalue weighted by atomic mass is 10.1. The van der Waals surface area contributed by atoms with Crippen molar-refractivity contribution in [2.75, 3.05) is 29.5 Å². The van der Waals surface area contributed by atoms with Gasteiger partial charge in [-0.3, -0.25) is 9.62 Å². The molecule has 0 bridgehead atoms. The quantitative estimate of drug-likeness (QED) is 0.640. The first-order chi connectivity index (χ1) is 9.65. The molecule has 2 aromatic rings. The molecule has 1 aliphatic heterocycles. The highest BCUT2D eigenvalue weighted by Gasteiger charge is 2.18. The number of nitrogen functional groups attached to an aromatic ring is 1. The summed E-state index contributed by atoms with van der Waals surface area (Å²) in [5, 5.41) is 8.64. The van der Waals surface area contributed by atoms with Gasteiger partial charge in [-0.2, -0.15) is 0 Å². The zero-order valence-electron chi connectivity index (χ0n) is 11.0. The Morgan fingerprint density at radius 3 is 2.70 bits per heavy atom. The molecule has 1 fully saturated rings. The molecule has 0 radical (unpaired) electrons. The van der Waals surface area contributed by atoms with Gasteiger partial charge < -0.3 is 10.6 Å². The molecule has 104 valence electrons. The van der Waals surface area contributed by atoms with Crippen molar-refractivity contribution in [3.05, 3.63) is 35.9 Å². The van der Waals surface area contributed by atoms with Gasteiger partial charge in [0.1, 0.15) is 11.7 Å². The molecule has 20 heavy (non-hydrogen) atoms. The summed E-state index contributed by atoms with van der Waals surface area (Å²) in [6.07, 6.45) is 0. The van der Waals surface area contributed by atoms with E-state index in [2.05, 4.69) is 9.88 Å². The lowest BCUT2D eigenvalue weighted by Crippen LogP contribution is -2.38. The topological polar surface area (TPSA) is 83.1 Å². The highest BCUT2D eigenvalue weighted by molar-refractivity contribution is 7.85. The fraction of sp³-hybridized carbons (Fsp3) is 0.286. The number of rotatable bonds is 2. The maximum Gasteiger partial charge on any atom is 0.130 e. The maximum absolute atomic E-state index is 11.4. The Bertz CT molecular complexity index is 691. The van der Waals surface area contributed by atoms with E-state index in [1.54, 1.807) is 0 Å². The summed E-state index contributed by atoms with van der Waals surface area (Å²) in [6.45, 7) is 1.46. The molecule has 0 spiro atoms. The van der Waals surface area contributed by atoms with Gasteiger partial charge in [0.25, 0.3) is 0 Å². The Morgan fingerprint density at radius 1 is 1.30 bits per heavy atom. The lowest BCUT2D eigenvalue weighted by molar-refractivity contribution is 0.672. The molecule has 0 atom stereocenters. The molecule has 6 heteroatoms. The first kappa shape index (κ1) is 13.1. The van der Waals surface area contributed by atoms with Crippen molar-refractivity contribution in [3.8, 4) is 0 Å². The van der Waals surface area contributed by atoms with Crippen LogP contribution in [-0.2, 0) is 10.8 Å². The van der Waals surface area contributed by atoms with Gasteiger partial charge in [-0.15, -0.1) is 0 Å². The Kier molecular flexibility index (Phi) is 3.40. The number of hydrogen-bond donors (Lipinski definition) is 2. The normalized spacial score (nSPS) is 16.5. The summed E-state index contributed by atoms with van der Waals surface area (Å²) in [4.78, 5) is 6.75. The number of amidine groups is 1. The number of aromatic nitrogens is 1. The number of anilines is 1. The first-order valence-electron chi connectivity index (χ1n) is 6.49. The summed E-state index contributed by atoms with van der Waals surface area (Å²) in [6, 6.07) is 9.55. The minimum Gasteiger partial charge on any atom is -0.384 e. The minimum atomic E-state index is -0.712. The van der Waals surface area contributed by atoms with Crippen molar-refractivity contribution in [1.82, 2.24) is 4.98 Å². The van der Waals surface area contributed by atoms with E-state index in [-0.39, 0.29) is 5.84 Å². The van der Waals surface area contributed by atoms with E-state index in [0.717, 1.165) is 29.8 Å². The molecular formula is C14H16N4OS. The van der Waals surface area contributed by atoms with Crippen molar-refractivity contribution in [1.29, 1.82) is 5.41 Å². The smallest absolute Gasteiger partial charge is 0.130 e. The van der Waals surface area contributed by atoms with Crippen molar-refractivity contribution in [3.63, 3.8) is 0 Å². The molecular weight excluding hydrogens is 272 g/mol. The predicted molar refractivity (Wildman–Crippen MR) is 82.8 cm³/mol. The van der Waals surface area contributed by atoms with E-state index < -0.39 is 10.8 Å². The molecule has 0 amide bonds. The van der Waals surface area contributed by atoms with Crippen LogP contribution in [0.15, 0.2) is 30.3 Å². The third-order valence-corrected chi connectivity index (χ3v) is 4.77. The van der Waals surface area contributed by atoms with Crippen LogP contribution in [0.25, 0.3) is 10.9 Å². The predicted octanol–water partition coefficient (Wildman–Crippen LogP) is 1.09. The van der Waals surface area contributed by atoms with Crippen molar-refractivity contribution in [2.45, 2.75) is 0 Å². The van der Waals surface area contributed by atoms with Crippen LogP contribution in [0.5, 0.6) is 0 Å². The van der Waals surface area contributed by atoms with Crippen LogP contribution >= 0.6 is 0 Å². The van der Waals surface area contributed by atoms with E-state index in [9.17, 15) is 4.21 Å². The molecule has 0 saturated carbocycles. The molecule has 1 aliphatic rings. The fourth-order valence-corrected chi connectivity index (χ4v) is 3.47. The second kappa shape index (κ2) is 5.20. The zero-order valence-corrected chi connectivity index (χ0v) is 11.8. The van der Waals surface area contributed by atoms with Crippen molar-refractivity contribution < 1.29 is 4.21 Å². The standard InChI is InChI=1S/C14H16N4OS/c15-14(16)11-9-13(18-5-7-20(19)8-6-18)17-12-4-2-1-3-10(11)12/h1-4,9H,5-8H2,(H3,15,16). The van der Waals surface area contributed by atoms with Crippen LogP contribution in [0.4, 0.5) is 5.82 Å². The average Bonchev–Trinajstić information content (AvgIpc) is 2.46. The fourth-order valence-electron chi connectivity index (χ4n) is 2.41. The first-order valence-corrected chi connectivity index (χ1v) is 7.98. The number of nitrogens with zero attached hydrogens (tertiary/aromatic N) is 2. The monoisotopic (exact) mass is 288 g/mol. The van der Waals surface area contributed by atoms with Gasteiger partial charge in [-0.1, -0.05) is 18.2 Å². The summed E-state index contributed by atoms with van der Waals surface area (Å²) >= 11 is 0. The summed E-state index contributed by atoms with van der Waals surface area (Å²) in [5.41, 5.74) is 7.23. The molecule has 0 aliphatic carbocycles.